The molecule has 0 bridgehead atoms. The molecular formula is C32H35BrClN3O5. The molecule has 0 saturated carbocycles. The molecule has 4 rings (SSSR count). The van der Waals surface area contributed by atoms with Crippen LogP contribution in [0.1, 0.15) is 23.7 Å². The topological polar surface area (TPSA) is 81.0 Å². The van der Waals surface area contributed by atoms with Gasteiger partial charge in [0.2, 0.25) is 0 Å². The molecule has 2 amide bonds. The van der Waals surface area contributed by atoms with Gasteiger partial charge in [-0.1, -0.05) is 61.5 Å². The van der Waals surface area contributed by atoms with Crippen molar-refractivity contribution in [3.05, 3.63) is 101 Å². The molecule has 0 aliphatic carbocycles. The van der Waals surface area contributed by atoms with E-state index in [0.717, 1.165) is 33.9 Å². The van der Waals surface area contributed by atoms with Gasteiger partial charge < -0.3 is 31.5 Å². The Morgan fingerprint density at radius 2 is 1.55 bits per heavy atom. The van der Waals surface area contributed by atoms with Crippen molar-refractivity contribution in [1.29, 1.82) is 0 Å². The van der Waals surface area contributed by atoms with Crippen molar-refractivity contribution in [3.8, 4) is 0 Å². The average Bonchev–Trinajstić information content (AvgIpc) is 2.98. The third-order valence-corrected chi connectivity index (χ3v) is 6.68. The molecule has 0 aliphatic heterocycles. The Labute approximate surface area is 261 Å². The van der Waals surface area contributed by atoms with Crippen LogP contribution in [0.2, 0.25) is 0 Å². The largest absolute Gasteiger partial charge is 1.00 e. The van der Waals surface area contributed by atoms with Gasteiger partial charge >= 0.3 is 6.09 Å². The molecule has 222 valence electrons. The number of fused-ring (bicyclic) bond motifs is 1. The molecule has 42 heavy (non-hydrogen) atoms. The normalized spacial score (nSPS) is 10.6. The fourth-order valence-electron chi connectivity index (χ4n) is 4.36. The molecule has 1 heterocycles. The SMILES string of the molecule is CCC[n+]1cc(Br)cc(C(=O)N(CCOCCOCCOC(=O)Nc2cccc3ccccc23)c2ccccc2)c1.[Cl-]. The van der Waals surface area contributed by atoms with E-state index < -0.39 is 6.09 Å². The van der Waals surface area contributed by atoms with Crippen molar-refractivity contribution in [2.24, 2.45) is 0 Å². The van der Waals surface area contributed by atoms with E-state index in [0.29, 0.717) is 37.6 Å². The Bertz CT molecular complexity index is 1440. The van der Waals surface area contributed by atoms with Crippen molar-refractivity contribution in [2.75, 3.05) is 49.8 Å². The van der Waals surface area contributed by atoms with Crippen LogP contribution in [0.4, 0.5) is 16.2 Å². The summed E-state index contributed by atoms with van der Waals surface area (Å²) in [6, 6.07) is 24.9. The second-order valence-electron chi connectivity index (χ2n) is 9.29. The Morgan fingerprint density at radius 3 is 2.33 bits per heavy atom. The van der Waals surface area contributed by atoms with Gasteiger partial charge in [0, 0.05) is 24.0 Å². The number of pyridine rings is 1. The Kier molecular flexibility index (Phi) is 13.7. The molecule has 3 aromatic carbocycles. The summed E-state index contributed by atoms with van der Waals surface area (Å²) in [6.07, 6.45) is 4.29. The number of aromatic nitrogens is 1. The summed E-state index contributed by atoms with van der Waals surface area (Å²) in [5.41, 5.74) is 2.10. The summed E-state index contributed by atoms with van der Waals surface area (Å²) in [5, 5.41) is 4.77. The summed E-state index contributed by atoms with van der Waals surface area (Å²) in [7, 11) is 0. The zero-order valence-corrected chi connectivity index (χ0v) is 25.9. The van der Waals surface area contributed by atoms with E-state index in [1.807, 2.05) is 95.8 Å². The van der Waals surface area contributed by atoms with Gasteiger partial charge in [0.15, 0.2) is 12.4 Å². The molecular weight excluding hydrogens is 622 g/mol. The van der Waals surface area contributed by atoms with Crippen LogP contribution in [0.5, 0.6) is 0 Å². The fourth-order valence-corrected chi connectivity index (χ4v) is 4.87. The van der Waals surface area contributed by atoms with Crippen LogP contribution < -0.4 is 27.2 Å². The van der Waals surface area contributed by atoms with E-state index >= 15 is 0 Å². The molecule has 0 aliphatic rings. The number of ether oxygens (including phenoxy) is 3. The molecule has 8 nitrogen and oxygen atoms in total. The van der Waals surface area contributed by atoms with Crippen LogP contribution in [0.25, 0.3) is 10.8 Å². The minimum atomic E-state index is -0.530. The van der Waals surface area contributed by atoms with Crippen LogP contribution in [-0.2, 0) is 20.8 Å². The van der Waals surface area contributed by atoms with E-state index in [-0.39, 0.29) is 31.5 Å². The molecule has 0 fully saturated rings. The number of carbonyl (C=O) groups is 2. The smallest absolute Gasteiger partial charge is 0.411 e. The lowest BCUT2D eigenvalue weighted by atomic mass is 10.1. The fraction of sp³-hybridized carbons (Fsp3) is 0.281. The number of amides is 2. The van der Waals surface area contributed by atoms with Gasteiger partial charge in [-0.25, -0.2) is 9.36 Å². The number of nitrogens with one attached hydrogen (secondary N) is 1. The summed E-state index contributed by atoms with van der Waals surface area (Å²) in [6.45, 7) is 4.73. The molecule has 1 aromatic heterocycles. The maximum absolute atomic E-state index is 13.5. The number of hydrogen-bond acceptors (Lipinski definition) is 5. The molecule has 10 heteroatoms. The highest BCUT2D eigenvalue weighted by atomic mass is 79.9. The van der Waals surface area contributed by atoms with E-state index in [1.54, 1.807) is 4.90 Å². The van der Waals surface area contributed by atoms with Gasteiger partial charge in [-0.15, -0.1) is 0 Å². The van der Waals surface area contributed by atoms with Gasteiger partial charge in [-0.05, 0) is 45.6 Å². The standard InChI is InChI=1S/C32H34BrN3O5.ClH/c1-2-15-35-23-26(22-27(33)24-35)31(37)36(28-11-4-3-5-12-28)16-17-39-18-19-40-20-21-41-32(38)34-30-14-8-10-25-9-6-7-13-29(25)30;/h3-14,22-24H,2,15-21H2,1H3;1H. The van der Waals surface area contributed by atoms with Gasteiger partial charge in [-0.3, -0.25) is 10.1 Å². The maximum Gasteiger partial charge on any atom is 0.411 e. The summed E-state index contributed by atoms with van der Waals surface area (Å²) < 4.78 is 19.4. The highest BCUT2D eigenvalue weighted by molar-refractivity contribution is 9.10. The van der Waals surface area contributed by atoms with Gasteiger partial charge in [0.25, 0.3) is 5.91 Å². The first-order valence-electron chi connectivity index (χ1n) is 13.7. The van der Waals surface area contributed by atoms with Gasteiger partial charge in [-0.2, -0.15) is 0 Å². The second kappa shape index (κ2) is 17.5. The first-order valence-corrected chi connectivity index (χ1v) is 14.5. The summed E-state index contributed by atoms with van der Waals surface area (Å²) >= 11 is 3.53. The zero-order valence-electron chi connectivity index (χ0n) is 23.5. The first-order chi connectivity index (χ1) is 20.0. The van der Waals surface area contributed by atoms with Crippen molar-refractivity contribution in [1.82, 2.24) is 0 Å². The van der Waals surface area contributed by atoms with Crippen molar-refractivity contribution < 1.29 is 40.8 Å². The second-order valence-corrected chi connectivity index (χ2v) is 10.2. The predicted molar refractivity (Wildman–Crippen MR) is 163 cm³/mol. The Balaban J connectivity index is 0.00000484. The van der Waals surface area contributed by atoms with Crippen molar-refractivity contribution in [3.63, 3.8) is 0 Å². The quantitative estimate of drug-likeness (QED) is 0.167. The number of halogens is 2. The summed E-state index contributed by atoms with van der Waals surface area (Å²) in [4.78, 5) is 27.4. The van der Waals surface area contributed by atoms with Crippen LogP contribution in [0.15, 0.2) is 95.7 Å². The van der Waals surface area contributed by atoms with Crippen LogP contribution in [-0.4, -0.2) is 51.6 Å². The van der Waals surface area contributed by atoms with Crippen LogP contribution in [0.3, 0.4) is 0 Å². The first kappa shape index (κ1) is 33.0. The predicted octanol–water partition coefficient (Wildman–Crippen LogP) is 3.23. The van der Waals surface area contributed by atoms with E-state index in [4.69, 9.17) is 14.2 Å². The molecule has 0 unspecified atom stereocenters. The molecule has 1 N–H and O–H groups in total. The minimum Gasteiger partial charge on any atom is -1.00 e. The van der Waals surface area contributed by atoms with Gasteiger partial charge in [0.05, 0.1) is 36.6 Å². The lowest BCUT2D eigenvalue weighted by Crippen LogP contribution is -3.00. The zero-order chi connectivity index (χ0) is 28.9. The van der Waals surface area contributed by atoms with Crippen molar-refractivity contribution >= 4 is 50.1 Å². The number of carbonyl (C=O) groups excluding carboxylic acids is 2. The lowest BCUT2D eigenvalue weighted by molar-refractivity contribution is -0.697. The van der Waals surface area contributed by atoms with Crippen molar-refractivity contribution in [2.45, 2.75) is 19.9 Å². The Morgan fingerprint density at radius 1 is 0.857 bits per heavy atom. The monoisotopic (exact) mass is 655 g/mol. The third-order valence-electron chi connectivity index (χ3n) is 6.25. The molecule has 0 saturated heterocycles. The molecule has 0 radical (unpaired) electrons. The minimum absolute atomic E-state index is 0. The number of benzene rings is 3. The highest BCUT2D eigenvalue weighted by Crippen LogP contribution is 2.23. The number of anilines is 2. The number of nitrogens with zero attached hydrogens (tertiary/aromatic N) is 2. The third kappa shape index (κ3) is 9.80. The van der Waals surface area contributed by atoms with Crippen LogP contribution >= 0.6 is 15.9 Å². The number of para-hydroxylation sites is 1. The van der Waals surface area contributed by atoms with Crippen LogP contribution in [0, 0.1) is 0 Å². The van der Waals surface area contributed by atoms with Gasteiger partial charge in [0.1, 0.15) is 18.7 Å². The molecule has 0 spiro atoms. The maximum atomic E-state index is 13.5. The number of aryl methyl sites for hydroxylation is 1. The molecule has 0 atom stereocenters. The van der Waals surface area contributed by atoms with E-state index in [9.17, 15) is 9.59 Å². The number of rotatable bonds is 14. The van der Waals surface area contributed by atoms with E-state index in [2.05, 4.69) is 28.2 Å². The lowest BCUT2D eigenvalue weighted by Gasteiger charge is -2.22. The summed E-state index contributed by atoms with van der Waals surface area (Å²) in [5.74, 6) is -0.0962. The molecule has 4 aromatic rings. The average molecular weight is 657 g/mol. The van der Waals surface area contributed by atoms with E-state index in [1.165, 1.54) is 0 Å². The highest BCUT2D eigenvalue weighted by Gasteiger charge is 2.21. The Hall–Kier alpha value is -3.50. The number of hydrogen-bond donors (Lipinski definition) is 1.